The molecule has 0 aromatic rings. The minimum Gasteiger partial charge on any atom is -0.466 e. The number of hydrogen-bond donors (Lipinski definition) is 3. The summed E-state index contributed by atoms with van der Waals surface area (Å²) in [5.41, 5.74) is 0. The van der Waals surface area contributed by atoms with Crippen molar-refractivity contribution in [1.82, 2.24) is 5.32 Å². The lowest BCUT2D eigenvalue weighted by Crippen LogP contribution is -2.45. The summed E-state index contributed by atoms with van der Waals surface area (Å²) < 4.78 is 5.50. The Morgan fingerprint density at radius 2 is 0.562 bits per heavy atom. The van der Waals surface area contributed by atoms with Gasteiger partial charge in [0.15, 0.2) is 0 Å². The van der Waals surface area contributed by atoms with Crippen molar-refractivity contribution < 1.29 is 24.5 Å². The number of aliphatic hydroxyl groups is 2. The predicted octanol–water partition coefficient (Wildman–Crippen LogP) is 21.4. The van der Waals surface area contributed by atoms with Gasteiger partial charge in [-0.05, 0) is 25.7 Å². The molecule has 0 rings (SSSR count). The van der Waals surface area contributed by atoms with Crippen LogP contribution >= 0.6 is 0 Å². The van der Waals surface area contributed by atoms with Crippen LogP contribution in [0.1, 0.15) is 393 Å². The van der Waals surface area contributed by atoms with Crippen LogP contribution in [0.5, 0.6) is 0 Å². The number of nitrogens with one attached hydrogen (secondary N) is 1. The van der Waals surface area contributed by atoms with Gasteiger partial charge in [-0.2, -0.15) is 0 Å². The second-order valence-electron chi connectivity index (χ2n) is 23.5. The van der Waals surface area contributed by atoms with Gasteiger partial charge in [0.25, 0.3) is 0 Å². The van der Waals surface area contributed by atoms with Crippen LogP contribution in [0.4, 0.5) is 0 Å². The van der Waals surface area contributed by atoms with E-state index in [-0.39, 0.29) is 18.5 Å². The molecule has 1 amide bonds. The zero-order valence-electron chi connectivity index (χ0n) is 49.9. The number of unbranched alkanes of at least 4 members (excludes halogenated alkanes) is 53. The Balaban J connectivity index is 3.40. The fourth-order valence-electron chi connectivity index (χ4n) is 11.0. The quantitative estimate of drug-likeness (QED) is 0.0417. The van der Waals surface area contributed by atoms with Crippen molar-refractivity contribution in [3.05, 3.63) is 0 Å². The minimum atomic E-state index is -0.670. The maximum absolute atomic E-state index is 12.5. The number of carbonyl (C=O) groups is 2. The van der Waals surface area contributed by atoms with Gasteiger partial charge >= 0.3 is 5.97 Å². The van der Waals surface area contributed by atoms with Gasteiger partial charge in [-0.1, -0.05) is 354 Å². The van der Waals surface area contributed by atoms with Crippen LogP contribution in [0.15, 0.2) is 0 Å². The summed E-state index contributed by atoms with van der Waals surface area (Å²) in [7, 11) is 0. The van der Waals surface area contributed by atoms with Crippen molar-refractivity contribution >= 4 is 11.9 Å². The van der Waals surface area contributed by atoms with Gasteiger partial charge in [-0.15, -0.1) is 0 Å². The number of carbonyl (C=O) groups excluding carboxylic acids is 2. The highest BCUT2D eigenvalue weighted by atomic mass is 16.5. The van der Waals surface area contributed by atoms with E-state index in [2.05, 4.69) is 19.2 Å². The number of rotatable bonds is 64. The molecule has 0 heterocycles. The largest absolute Gasteiger partial charge is 0.466 e. The molecule has 0 aliphatic carbocycles. The first-order chi connectivity index (χ1) is 36.0. The van der Waals surface area contributed by atoms with Gasteiger partial charge in [-0.25, -0.2) is 0 Å². The third kappa shape index (κ3) is 60.0. The molecule has 0 radical (unpaired) electrons. The Hall–Kier alpha value is -1.14. The molecular weight excluding hydrogens is 899 g/mol. The zero-order valence-corrected chi connectivity index (χ0v) is 49.9. The molecule has 0 bridgehead atoms. The topological polar surface area (TPSA) is 95.9 Å². The molecule has 2 unspecified atom stereocenters. The molecule has 6 heteroatoms. The van der Waals surface area contributed by atoms with Crippen molar-refractivity contribution in [2.45, 2.75) is 405 Å². The van der Waals surface area contributed by atoms with E-state index in [4.69, 9.17) is 4.74 Å². The van der Waals surface area contributed by atoms with Crippen LogP contribution in [-0.2, 0) is 14.3 Å². The van der Waals surface area contributed by atoms with E-state index in [0.717, 1.165) is 44.9 Å². The molecule has 0 aromatic heterocycles. The molecule has 0 aliphatic heterocycles. The second kappa shape index (κ2) is 63.4. The Morgan fingerprint density at radius 3 is 0.836 bits per heavy atom. The number of hydrogen-bond acceptors (Lipinski definition) is 5. The molecule has 2 atom stereocenters. The first kappa shape index (κ1) is 71.9. The maximum atomic E-state index is 12.5. The monoisotopic (exact) mass is 1030 g/mol. The molecule has 3 N–H and O–H groups in total. The number of aliphatic hydroxyl groups excluding tert-OH is 2. The molecule has 6 nitrogen and oxygen atoms in total. The molecular formula is C67H133NO5. The molecule has 0 spiro atoms. The average molecular weight is 1030 g/mol. The Bertz CT molecular complexity index is 1050. The summed E-state index contributed by atoms with van der Waals surface area (Å²) in [5.74, 6) is -0.0311. The third-order valence-corrected chi connectivity index (χ3v) is 16.2. The van der Waals surface area contributed by atoms with Crippen LogP contribution in [0.25, 0.3) is 0 Å². The Morgan fingerprint density at radius 1 is 0.329 bits per heavy atom. The van der Waals surface area contributed by atoms with Crippen LogP contribution in [0, 0.1) is 0 Å². The first-order valence-electron chi connectivity index (χ1n) is 33.8. The fourth-order valence-corrected chi connectivity index (χ4v) is 11.0. The second-order valence-corrected chi connectivity index (χ2v) is 23.5. The van der Waals surface area contributed by atoms with E-state index >= 15 is 0 Å². The average Bonchev–Trinajstić information content (AvgIpc) is 3.39. The van der Waals surface area contributed by atoms with E-state index < -0.39 is 12.1 Å². The van der Waals surface area contributed by atoms with Crippen molar-refractivity contribution in [3.63, 3.8) is 0 Å². The first-order valence-corrected chi connectivity index (χ1v) is 33.8. The summed E-state index contributed by atoms with van der Waals surface area (Å²) >= 11 is 0. The number of ether oxygens (including phenoxy) is 1. The molecule has 0 saturated heterocycles. The van der Waals surface area contributed by atoms with Gasteiger partial charge in [0.1, 0.15) is 0 Å². The Kier molecular flexibility index (Phi) is 62.4. The molecule has 73 heavy (non-hydrogen) atoms. The standard InChI is InChI=1S/C67H133NO5/c1-3-5-7-9-11-13-15-17-19-21-22-23-24-25-26-27-29-31-35-39-43-47-51-55-59-65(70)64(63-69)68-66(71)60-56-52-48-44-40-36-32-30-34-38-42-46-50-54-58-62-73-67(72)61-57-53-49-45-41-37-33-28-20-18-16-14-12-10-8-6-4-2/h64-65,69-70H,3-63H2,1-2H3,(H,68,71). The number of esters is 1. The van der Waals surface area contributed by atoms with Crippen molar-refractivity contribution in [2.75, 3.05) is 13.2 Å². The fraction of sp³-hybridized carbons (Fsp3) is 0.970. The summed E-state index contributed by atoms with van der Waals surface area (Å²) in [4.78, 5) is 24.6. The normalized spacial score (nSPS) is 12.4. The Labute approximate surface area is 457 Å². The lowest BCUT2D eigenvalue weighted by Gasteiger charge is -2.22. The highest BCUT2D eigenvalue weighted by Crippen LogP contribution is 2.19. The van der Waals surface area contributed by atoms with Gasteiger partial charge in [0.2, 0.25) is 5.91 Å². The van der Waals surface area contributed by atoms with Crippen LogP contribution < -0.4 is 5.32 Å². The van der Waals surface area contributed by atoms with E-state index in [1.165, 1.54) is 315 Å². The van der Waals surface area contributed by atoms with E-state index in [9.17, 15) is 19.8 Å². The summed E-state index contributed by atoms with van der Waals surface area (Å²) in [6.07, 6.45) is 75.5. The van der Waals surface area contributed by atoms with Crippen molar-refractivity contribution in [3.8, 4) is 0 Å². The van der Waals surface area contributed by atoms with Crippen molar-refractivity contribution in [2.24, 2.45) is 0 Å². The smallest absolute Gasteiger partial charge is 0.305 e. The molecule has 0 saturated carbocycles. The third-order valence-electron chi connectivity index (χ3n) is 16.2. The van der Waals surface area contributed by atoms with Gasteiger partial charge in [-0.3, -0.25) is 9.59 Å². The van der Waals surface area contributed by atoms with E-state index in [1.807, 2.05) is 0 Å². The molecule has 0 aliphatic rings. The predicted molar refractivity (Wildman–Crippen MR) is 320 cm³/mol. The van der Waals surface area contributed by atoms with Gasteiger partial charge in [0.05, 0.1) is 25.4 Å². The highest BCUT2D eigenvalue weighted by Gasteiger charge is 2.20. The van der Waals surface area contributed by atoms with Gasteiger partial charge < -0.3 is 20.3 Å². The van der Waals surface area contributed by atoms with Gasteiger partial charge in [0, 0.05) is 12.8 Å². The molecule has 0 fully saturated rings. The van der Waals surface area contributed by atoms with Crippen LogP contribution in [-0.4, -0.2) is 47.4 Å². The SMILES string of the molecule is CCCCCCCCCCCCCCCCCCCCCCCCCCC(O)C(CO)NC(=O)CCCCCCCCCCCCCCCCCOC(=O)CCCCCCCCCCCCCCCCCCC. The van der Waals surface area contributed by atoms with E-state index in [0.29, 0.717) is 25.9 Å². The lowest BCUT2D eigenvalue weighted by atomic mass is 10.0. The minimum absolute atomic E-state index is 0.00651. The van der Waals surface area contributed by atoms with Crippen LogP contribution in [0.3, 0.4) is 0 Å². The van der Waals surface area contributed by atoms with E-state index in [1.54, 1.807) is 0 Å². The van der Waals surface area contributed by atoms with Crippen LogP contribution in [0.2, 0.25) is 0 Å². The molecule has 0 aromatic carbocycles. The maximum Gasteiger partial charge on any atom is 0.305 e. The molecule has 436 valence electrons. The number of amides is 1. The lowest BCUT2D eigenvalue weighted by molar-refractivity contribution is -0.143. The summed E-state index contributed by atoms with van der Waals surface area (Å²) in [6, 6.07) is -0.548. The highest BCUT2D eigenvalue weighted by molar-refractivity contribution is 5.76. The van der Waals surface area contributed by atoms with Crippen molar-refractivity contribution in [1.29, 1.82) is 0 Å². The summed E-state index contributed by atoms with van der Waals surface area (Å²) in [5, 5.41) is 23.4. The zero-order chi connectivity index (χ0) is 52.9. The summed E-state index contributed by atoms with van der Waals surface area (Å²) in [6.45, 7) is 4.99.